The number of piperidine rings is 1. The summed E-state index contributed by atoms with van der Waals surface area (Å²) in [6.45, 7) is 6.79. The molecule has 0 saturated carbocycles. The average molecular weight is 340 g/mol. The van der Waals surface area contributed by atoms with Gasteiger partial charge in [-0.2, -0.15) is 5.10 Å². The molecule has 2 N–H and O–H groups in total. The van der Waals surface area contributed by atoms with Crippen molar-refractivity contribution in [3.8, 4) is 5.69 Å². The van der Waals surface area contributed by atoms with Crippen molar-refractivity contribution in [3.05, 3.63) is 47.3 Å². The van der Waals surface area contributed by atoms with E-state index in [2.05, 4.69) is 22.7 Å². The van der Waals surface area contributed by atoms with Crippen molar-refractivity contribution >= 4 is 5.91 Å². The van der Waals surface area contributed by atoms with E-state index in [4.69, 9.17) is 0 Å². The van der Waals surface area contributed by atoms with Crippen LogP contribution in [0, 0.1) is 19.8 Å². The quantitative estimate of drug-likeness (QED) is 0.850. The number of aryl methyl sites for hydroxylation is 1. The molecular weight excluding hydrogens is 312 g/mol. The lowest BCUT2D eigenvalue weighted by Crippen LogP contribution is -2.29. The fourth-order valence-electron chi connectivity index (χ4n) is 3.53. The monoisotopic (exact) mass is 340 g/mol. The molecule has 1 aliphatic heterocycles. The molecule has 1 saturated heterocycles. The molecule has 0 bridgehead atoms. The fourth-order valence-corrected chi connectivity index (χ4v) is 3.53. The van der Waals surface area contributed by atoms with Crippen LogP contribution in [0.2, 0.25) is 0 Å². The Morgan fingerprint density at radius 3 is 2.68 bits per heavy atom. The first-order chi connectivity index (χ1) is 12.1. The van der Waals surface area contributed by atoms with Crippen molar-refractivity contribution in [2.75, 3.05) is 13.1 Å². The van der Waals surface area contributed by atoms with Gasteiger partial charge in [-0.3, -0.25) is 4.79 Å². The van der Waals surface area contributed by atoms with Crippen molar-refractivity contribution in [1.29, 1.82) is 0 Å². The summed E-state index contributed by atoms with van der Waals surface area (Å²) in [7, 11) is 0. The predicted molar refractivity (Wildman–Crippen MR) is 99.7 cm³/mol. The molecule has 1 fully saturated rings. The third-order valence-corrected chi connectivity index (χ3v) is 5.14. The zero-order chi connectivity index (χ0) is 17.6. The van der Waals surface area contributed by atoms with Gasteiger partial charge in [-0.1, -0.05) is 18.2 Å². The molecule has 25 heavy (non-hydrogen) atoms. The van der Waals surface area contributed by atoms with Crippen molar-refractivity contribution in [3.63, 3.8) is 0 Å². The minimum absolute atomic E-state index is 0.143. The number of para-hydroxylation sites is 1. The van der Waals surface area contributed by atoms with E-state index in [1.165, 1.54) is 12.8 Å². The minimum Gasteiger partial charge on any atom is -0.352 e. The Morgan fingerprint density at radius 2 is 1.96 bits per heavy atom. The van der Waals surface area contributed by atoms with Crippen molar-refractivity contribution in [2.45, 2.75) is 46.1 Å². The van der Waals surface area contributed by atoms with Gasteiger partial charge in [-0.25, -0.2) is 4.68 Å². The zero-order valence-electron chi connectivity index (χ0n) is 15.2. The number of benzene rings is 1. The number of amides is 1. The Morgan fingerprint density at radius 1 is 1.24 bits per heavy atom. The summed E-state index contributed by atoms with van der Waals surface area (Å²) >= 11 is 0. The molecule has 0 atom stereocenters. The van der Waals surface area contributed by atoms with Gasteiger partial charge in [0.2, 0.25) is 5.91 Å². The fraction of sp³-hybridized carbons (Fsp3) is 0.500. The van der Waals surface area contributed by atoms with Crippen LogP contribution >= 0.6 is 0 Å². The van der Waals surface area contributed by atoms with Gasteiger partial charge < -0.3 is 10.6 Å². The Bertz CT molecular complexity index is 702. The third-order valence-electron chi connectivity index (χ3n) is 5.14. The number of rotatable bonds is 6. The summed E-state index contributed by atoms with van der Waals surface area (Å²) in [5.41, 5.74) is 4.22. The van der Waals surface area contributed by atoms with Gasteiger partial charge >= 0.3 is 0 Å². The predicted octanol–water partition coefficient (Wildman–Crippen LogP) is 2.89. The molecule has 5 nitrogen and oxygen atoms in total. The van der Waals surface area contributed by atoms with Crippen molar-refractivity contribution in [1.82, 2.24) is 20.4 Å². The van der Waals surface area contributed by atoms with Crippen LogP contribution in [0.3, 0.4) is 0 Å². The first-order valence-corrected chi connectivity index (χ1v) is 9.23. The van der Waals surface area contributed by atoms with Crippen LogP contribution in [0.25, 0.3) is 5.69 Å². The van der Waals surface area contributed by atoms with Crippen LogP contribution in [0.15, 0.2) is 30.3 Å². The molecule has 5 heteroatoms. The van der Waals surface area contributed by atoms with E-state index in [1.54, 1.807) is 0 Å². The van der Waals surface area contributed by atoms with Crippen molar-refractivity contribution < 1.29 is 4.79 Å². The second-order valence-corrected chi connectivity index (χ2v) is 6.91. The van der Waals surface area contributed by atoms with E-state index in [0.717, 1.165) is 42.1 Å². The van der Waals surface area contributed by atoms with Crippen LogP contribution in [0.5, 0.6) is 0 Å². The number of hydrogen-bond acceptors (Lipinski definition) is 3. The Kier molecular flexibility index (Phi) is 5.87. The van der Waals surface area contributed by atoms with Gasteiger partial charge in [0.1, 0.15) is 0 Å². The highest BCUT2D eigenvalue weighted by Gasteiger charge is 2.16. The largest absolute Gasteiger partial charge is 0.352 e. The Hall–Kier alpha value is -2.14. The first kappa shape index (κ1) is 17.7. The standard InChI is InChI=1S/C20H28N4O/c1-15-19(16(2)24(23-15)18-6-4-3-5-7-18)14-22-20(25)9-8-17-10-12-21-13-11-17/h3-7,17,21H,8-14H2,1-2H3,(H,22,25). The minimum atomic E-state index is 0.143. The topological polar surface area (TPSA) is 59.0 Å². The molecule has 0 radical (unpaired) electrons. The number of carbonyl (C=O) groups is 1. The van der Waals surface area contributed by atoms with Gasteiger partial charge in [0, 0.05) is 24.2 Å². The highest BCUT2D eigenvalue weighted by molar-refractivity contribution is 5.75. The zero-order valence-corrected chi connectivity index (χ0v) is 15.2. The van der Waals surface area contributed by atoms with E-state index in [0.29, 0.717) is 18.9 Å². The van der Waals surface area contributed by atoms with Crippen LogP contribution in [0.4, 0.5) is 0 Å². The number of aromatic nitrogens is 2. The molecule has 0 aliphatic carbocycles. The van der Waals surface area contributed by atoms with Gasteiger partial charge in [-0.15, -0.1) is 0 Å². The smallest absolute Gasteiger partial charge is 0.220 e. The summed E-state index contributed by atoms with van der Waals surface area (Å²) < 4.78 is 1.95. The van der Waals surface area contributed by atoms with E-state index in [1.807, 2.05) is 41.9 Å². The molecule has 0 unspecified atom stereocenters. The lowest BCUT2D eigenvalue weighted by atomic mass is 9.93. The number of hydrogen-bond donors (Lipinski definition) is 2. The van der Waals surface area contributed by atoms with Crippen LogP contribution in [-0.2, 0) is 11.3 Å². The SMILES string of the molecule is Cc1nn(-c2ccccc2)c(C)c1CNC(=O)CCC1CCNCC1. The van der Waals surface area contributed by atoms with E-state index in [-0.39, 0.29) is 5.91 Å². The molecule has 1 aromatic carbocycles. The van der Waals surface area contributed by atoms with Crippen LogP contribution < -0.4 is 10.6 Å². The van der Waals surface area contributed by atoms with Crippen molar-refractivity contribution in [2.24, 2.45) is 5.92 Å². The number of nitrogens with one attached hydrogen (secondary N) is 2. The Balaban J connectivity index is 1.56. The molecule has 2 aromatic rings. The summed E-state index contributed by atoms with van der Waals surface area (Å²) in [5, 5.41) is 11.1. The third kappa shape index (κ3) is 4.48. The highest BCUT2D eigenvalue weighted by Crippen LogP contribution is 2.19. The molecule has 1 aromatic heterocycles. The molecule has 134 valence electrons. The molecule has 2 heterocycles. The molecule has 0 spiro atoms. The summed E-state index contributed by atoms with van der Waals surface area (Å²) in [6.07, 6.45) is 4.00. The maximum absolute atomic E-state index is 12.2. The molecule has 3 rings (SSSR count). The summed E-state index contributed by atoms with van der Waals surface area (Å²) in [4.78, 5) is 12.2. The lowest BCUT2D eigenvalue weighted by Gasteiger charge is -2.22. The lowest BCUT2D eigenvalue weighted by molar-refractivity contribution is -0.121. The molecule has 1 amide bonds. The van der Waals surface area contributed by atoms with Gasteiger partial charge in [-0.05, 0) is 64.3 Å². The summed E-state index contributed by atoms with van der Waals surface area (Å²) in [5.74, 6) is 0.834. The molecular formula is C20H28N4O. The van der Waals surface area contributed by atoms with E-state index >= 15 is 0 Å². The highest BCUT2D eigenvalue weighted by atomic mass is 16.1. The van der Waals surface area contributed by atoms with Gasteiger partial charge in [0.15, 0.2) is 0 Å². The maximum Gasteiger partial charge on any atom is 0.220 e. The van der Waals surface area contributed by atoms with Gasteiger partial charge in [0.05, 0.1) is 11.4 Å². The van der Waals surface area contributed by atoms with E-state index < -0.39 is 0 Å². The van der Waals surface area contributed by atoms with Gasteiger partial charge in [0.25, 0.3) is 0 Å². The normalized spacial score (nSPS) is 15.3. The molecule has 1 aliphatic rings. The second-order valence-electron chi connectivity index (χ2n) is 6.91. The summed E-state index contributed by atoms with van der Waals surface area (Å²) in [6, 6.07) is 10.1. The van der Waals surface area contributed by atoms with E-state index in [9.17, 15) is 4.79 Å². The van der Waals surface area contributed by atoms with Crippen LogP contribution in [0.1, 0.15) is 42.6 Å². The second kappa shape index (κ2) is 8.30. The number of carbonyl (C=O) groups excluding carboxylic acids is 1. The Labute approximate surface area is 149 Å². The number of nitrogens with zero attached hydrogens (tertiary/aromatic N) is 2. The average Bonchev–Trinajstić information content (AvgIpc) is 2.94. The first-order valence-electron chi connectivity index (χ1n) is 9.23. The maximum atomic E-state index is 12.2. The van der Waals surface area contributed by atoms with Crippen LogP contribution in [-0.4, -0.2) is 28.8 Å².